The molecule has 1 aliphatic heterocycles. The van der Waals surface area contributed by atoms with Gasteiger partial charge in [-0.2, -0.15) is 5.10 Å². The topological polar surface area (TPSA) is 104 Å². The van der Waals surface area contributed by atoms with Crippen LogP contribution in [0.2, 0.25) is 0 Å². The number of hydrogen-bond donors (Lipinski definition) is 3. The highest BCUT2D eigenvalue weighted by atomic mass is 16.2. The van der Waals surface area contributed by atoms with E-state index in [-0.39, 0.29) is 11.8 Å². The van der Waals surface area contributed by atoms with E-state index in [0.717, 1.165) is 11.9 Å². The van der Waals surface area contributed by atoms with E-state index in [1.165, 1.54) is 0 Å². The third-order valence-corrected chi connectivity index (χ3v) is 3.85. The number of hydrogen-bond acceptors (Lipinski definition) is 4. The van der Waals surface area contributed by atoms with Crippen LogP contribution in [-0.2, 0) is 4.79 Å². The van der Waals surface area contributed by atoms with Crippen molar-refractivity contribution in [2.45, 2.75) is 18.9 Å². The Balaban J connectivity index is 1.96. The zero-order chi connectivity index (χ0) is 15.0. The monoisotopic (exact) mass is 287 g/mol. The van der Waals surface area contributed by atoms with E-state index in [4.69, 9.17) is 5.73 Å². The molecule has 0 bridgehead atoms. The first-order valence-electron chi connectivity index (χ1n) is 6.88. The molecule has 1 aromatic heterocycles. The smallest absolute Gasteiger partial charge is 0.275 e. The summed E-state index contributed by atoms with van der Waals surface area (Å²) in [6.45, 7) is 0.563. The Morgan fingerprint density at radius 2 is 2.29 bits per heavy atom. The molecule has 2 amide bonds. The Labute approximate surface area is 121 Å². The quantitative estimate of drug-likeness (QED) is 0.699. The molecule has 1 unspecified atom stereocenters. The lowest BCUT2D eigenvalue weighted by Crippen LogP contribution is -2.45. The van der Waals surface area contributed by atoms with Crippen molar-refractivity contribution in [2.24, 2.45) is 0 Å². The average Bonchev–Trinajstić information content (AvgIpc) is 3.12. The maximum atomic E-state index is 12.7. The predicted molar refractivity (Wildman–Crippen MR) is 78.6 cm³/mol. The van der Waals surface area contributed by atoms with Gasteiger partial charge in [0.25, 0.3) is 5.91 Å². The van der Waals surface area contributed by atoms with E-state index < -0.39 is 6.04 Å². The van der Waals surface area contributed by atoms with Crippen LogP contribution in [0.1, 0.15) is 23.3 Å². The highest BCUT2D eigenvalue weighted by Crippen LogP contribution is 2.24. The van der Waals surface area contributed by atoms with E-state index in [2.05, 4.69) is 15.5 Å². The highest BCUT2D eigenvalue weighted by molar-refractivity contribution is 6.06. The maximum Gasteiger partial charge on any atom is 0.275 e. The molecule has 0 aliphatic carbocycles. The van der Waals surface area contributed by atoms with Gasteiger partial charge in [-0.3, -0.25) is 14.7 Å². The van der Waals surface area contributed by atoms with E-state index in [1.807, 2.05) is 0 Å². The SMILES string of the molecule is CNC(=O)C1CCCN1C(=O)c1n[nH]c2ccc(N)cc12. The lowest BCUT2D eigenvalue weighted by molar-refractivity contribution is -0.124. The molecular formula is C14H17N5O2. The Bertz CT molecular complexity index is 708. The van der Waals surface area contributed by atoms with Crippen molar-refractivity contribution in [3.8, 4) is 0 Å². The van der Waals surface area contributed by atoms with Gasteiger partial charge < -0.3 is 16.0 Å². The third kappa shape index (κ3) is 2.20. The molecule has 21 heavy (non-hydrogen) atoms. The molecule has 0 saturated carbocycles. The van der Waals surface area contributed by atoms with Crippen molar-refractivity contribution in [2.75, 3.05) is 19.3 Å². The fraction of sp³-hybridized carbons (Fsp3) is 0.357. The molecule has 7 heteroatoms. The van der Waals surface area contributed by atoms with Crippen LogP contribution in [0, 0.1) is 0 Å². The van der Waals surface area contributed by atoms with Gasteiger partial charge in [-0.25, -0.2) is 0 Å². The van der Waals surface area contributed by atoms with Crippen LogP contribution in [0.25, 0.3) is 10.9 Å². The zero-order valence-electron chi connectivity index (χ0n) is 11.7. The van der Waals surface area contributed by atoms with Crippen molar-refractivity contribution in [3.05, 3.63) is 23.9 Å². The molecule has 4 N–H and O–H groups in total. The van der Waals surface area contributed by atoms with E-state index >= 15 is 0 Å². The Hall–Kier alpha value is -2.57. The van der Waals surface area contributed by atoms with Crippen LogP contribution >= 0.6 is 0 Å². The van der Waals surface area contributed by atoms with Crippen molar-refractivity contribution >= 4 is 28.4 Å². The number of nitrogens with one attached hydrogen (secondary N) is 2. The fourth-order valence-electron chi connectivity index (χ4n) is 2.78. The number of aromatic nitrogens is 2. The summed E-state index contributed by atoms with van der Waals surface area (Å²) < 4.78 is 0. The highest BCUT2D eigenvalue weighted by Gasteiger charge is 2.35. The van der Waals surface area contributed by atoms with E-state index in [1.54, 1.807) is 30.1 Å². The van der Waals surface area contributed by atoms with Crippen molar-refractivity contribution in [1.29, 1.82) is 0 Å². The first kappa shape index (κ1) is 13.4. The lowest BCUT2D eigenvalue weighted by Gasteiger charge is -2.22. The van der Waals surface area contributed by atoms with Gasteiger partial charge in [-0.1, -0.05) is 0 Å². The second-order valence-corrected chi connectivity index (χ2v) is 5.15. The van der Waals surface area contributed by atoms with Crippen LogP contribution in [-0.4, -0.2) is 46.5 Å². The number of nitrogen functional groups attached to an aromatic ring is 1. The molecule has 1 aromatic carbocycles. The first-order chi connectivity index (χ1) is 10.1. The Morgan fingerprint density at radius 1 is 1.48 bits per heavy atom. The van der Waals surface area contributed by atoms with Crippen LogP contribution < -0.4 is 11.1 Å². The molecule has 7 nitrogen and oxygen atoms in total. The number of carbonyl (C=O) groups is 2. The number of benzene rings is 1. The molecule has 1 atom stereocenters. The lowest BCUT2D eigenvalue weighted by atomic mass is 10.1. The molecule has 1 fully saturated rings. The number of nitrogens with zero attached hydrogens (tertiary/aromatic N) is 2. The molecule has 0 radical (unpaired) electrons. The minimum atomic E-state index is -0.421. The number of fused-ring (bicyclic) bond motifs is 1. The Morgan fingerprint density at radius 3 is 3.05 bits per heavy atom. The van der Waals surface area contributed by atoms with Gasteiger partial charge in [0.1, 0.15) is 6.04 Å². The number of anilines is 1. The van der Waals surface area contributed by atoms with Crippen LogP contribution in [0.4, 0.5) is 5.69 Å². The molecule has 110 valence electrons. The number of amides is 2. The predicted octanol–water partition coefficient (Wildman–Crippen LogP) is 0.496. The molecular weight excluding hydrogens is 270 g/mol. The second-order valence-electron chi connectivity index (χ2n) is 5.15. The molecule has 2 aromatic rings. The summed E-state index contributed by atoms with van der Waals surface area (Å²) in [7, 11) is 1.58. The maximum absolute atomic E-state index is 12.7. The number of aromatic amines is 1. The number of rotatable bonds is 2. The van der Waals surface area contributed by atoms with Crippen LogP contribution in [0.3, 0.4) is 0 Å². The molecule has 1 saturated heterocycles. The van der Waals surface area contributed by atoms with Gasteiger partial charge in [-0.05, 0) is 31.0 Å². The molecule has 2 heterocycles. The van der Waals surface area contributed by atoms with Crippen LogP contribution in [0.5, 0.6) is 0 Å². The number of likely N-dealkylation sites (tertiary alicyclic amines) is 1. The number of likely N-dealkylation sites (N-methyl/N-ethyl adjacent to an activating group) is 1. The Kier molecular flexibility index (Phi) is 3.25. The van der Waals surface area contributed by atoms with E-state index in [9.17, 15) is 9.59 Å². The average molecular weight is 287 g/mol. The summed E-state index contributed by atoms with van der Waals surface area (Å²) in [5, 5.41) is 10.2. The van der Waals surface area contributed by atoms with Gasteiger partial charge >= 0.3 is 0 Å². The first-order valence-corrected chi connectivity index (χ1v) is 6.88. The number of H-pyrrole nitrogens is 1. The van der Waals surface area contributed by atoms with Gasteiger partial charge in [0.05, 0.1) is 5.52 Å². The largest absolute Gasteiger partial charge is 0.399 e. The molecule has 1 aliphatic rings. The second kappa shape index (κ2) is 5.08. The zero-order valence-corrected chi connectivity index (χ0v) is 11.7. The summed E-state index contributed by atoms with van der Waals surface area (Å²) >= 11 is 0. The van der Waals surface area contributed by atoms with E-state index in [0.29, 0.717) is 29.7 Å². The standard InChI is InChI=1S/C14H17N5O2/c1-16-13(20)11-3-2-6-19(11)14(21)12-9-7-8(15)4-5-10(9)17-18-12/h4-5,7,11H,2-3,6,15H2,1H3,(H,16,20)(H,17,18). The molecule has 0 spiro atoms. The summed E-state index contributed by atoms with van der Waals surface area (Å²) in [6, 6.07) is 4.83. The van der Waals surface area contributed by atoms with Crippen molar-refractivity contribution < 1.29 is 9.59 Å². The summed E-state index contributed by atoms with van der Waals surface area (Å²) in [5.41, 5.74) is 7.41. The molecule has 3 rings (SSSR count). The minimum Gasteiger partial charge on any atom is -0.399 e. The minimum absolute atomic E-state index is 0.139. The van der Waals surface area contributed by atoms with Gasteiger partial charge in [0.15, 0.2) is 5.69 Å². The van der Waals surface area contributed by atoms with Crippen LogP contribution in [0.15, 0.2) is 18.2 Å². The van der Waals surface area contributed by atoms with Crippen molar-refractivity contribution in [1.82, 2.24) is 20.4 Å². The number of nitrogens with two attached hydrogens (primary N) is 1. The van der Waals surface area contributed by atoms with Gasteiger partial charge in [-0.15, -0.1) is 0 Å². The summed E-state index contributed by atoms with van der Waals surface area (Å²) in [4.78, 5) is 26.1. The number of carbonyl (C=O) groups excluding carboxylic acids is 2. The fourth-order valence-corrected chi connectivity index (χ4v) is 2.78. The van der Waals surface area contributed by atoms with Crippen molar-refractivity contribution in [3.63, 3.8) is 0 Å². The summed E-state index contributed by atoms with van der Waals surface area (Å²) in [5.74, 6) is -0.377. The third-order valence-electron chi connectivity index (χ3n) is 3.85. The van der Waals surface area contributed by atoms with Gasteiger partial charge in [0, 0.05) is 24.7 Å². The normalized spacial score (nSPS) is 18.1. The summed E-state index contributed by atoms with van der Waals surface area (Å²) in [6.07, 6.45) is 1.49. The van der Waals surface area contributed by atoms with Gasteiger partial charge in [0.2, 0.25) is 5.91 Å².